The normalized spacial score (nSPS) is 17.1. The fraction of sp³-hybridized carbons (Fsp3) is 0.294. The number of hydrogen-bond donors (Lipinski definition) is 0. The van der Waals surface area contributed by atoms with Crippen molar-refractivity contribution in [2.75, 3.05) is 7.11 Å². The summed E-state index contributed by atoms with van der Waals surface area (Å²) in [5.74, 6) is 2.91. The van der Waals surface area contributed by atoms with Crippen LogP contribution in [0.2, 0.25) is 0 Å². The Hall–Kier alpha value is -3.84. The number of methoxy groups -OCH3 is 1. The van der Waals surface area contributed by atoms with Gasteiger partial charge >= 0.3 is 0 Å². The van der Waals surface area contributed by atoms with E-state index < -0.39 is 5.92 Å². The van der Waals surface area contributed by atoms with Crippen LogP contribution in [-0.2, 0) is 27.5 Å². The van der Waals surface area contributed by atoms with Gasteiger partial charge in [0.1, 0.15) is 30.5 Å². The summed E-state index contributed by atoms with van der Waals surface area (Å²) >= 11 is 3.60. The molecule has 3 aliphatic rings. The van der Waals surface area contributed by atoms with E-state index in [1.54, 1.807) is 7.11 Å². The Morgan fingerprint density at radius 2 is 1.37 bits per heavy atom. The van der Waals surface area contributed by atoms with Crippen LogP contribution in [0.15, 0.2) is 93.9 Å². The molecule has 1 aliphatic heterocycles. The molecule has 3 aromatic carbocycles. The number of carbonyl (C=O) groups is 2. The van der Waals surface area contributed by atoms with Gasteiger partial charge in [-0.3, -0.25) is 9.59 Å². The summed E-state index contributed by atoms with van der Waals surface area (Å²) in [6.07, 6.45) is 3.83. The van der Waals surface area contributed by atoms with Crippen LogP contribution in [0.25, 0.3) is 0 Å². The maximum absolute atomic E-state index is 13.3. The van der Waals surface area contributed by atoms with Gasteiger partial charge in [0.05, 0.1) is 13.0 Å². The topological polar surface area (TPSA) is 71.1 Å². The quantitative estimate of drug-likeness (QED) is 0.258. The van der Waals surface area contributed by atoms with Gasteiger partial charge in [0, 0.05) is 46.9 Å². The molecular formula is C34H31BrO6. The van der Waals surface area contributed by atoms with Crippen LogP contribution in [0.1, 0.15) is 61.1 Å². The first-order valence-electron chi connectivity index (χ1n) is 14.0. The van der Waals surface area contributed by atoms with E-state index in [1.807, 2.05) is 66.7 Å². The summed E-state index contributed by atoms with van der Waals surface area (Å²) in [4.78, 5) is 26.5. The molecule has 6 rings (SSSR count). The zero-order chi connectivity index (χ0) is 28.3. The van der Waals surface area contributed by atoms with Crippen LogP contribution in [0, 0.1) is 0 Å². The Bertz CT molecular complexity index is 1510. The van der Waals surface area contributed by atoms with Gasteiger partial charge in [0.2, 0.25) is 0 Å². The first-order valence-corrected chi connectivity index (χ1v) is 14.8. The lowest BCUT2D eigenvalue weighted by Crippen LogP contribution is -2.30. The number of halogens is 1. The van der Waals surface area contributed by atoms with E-state index in [9.17, 15) is 9.59 Å². The van der Waals surface area contributed by atoms with Crippen LogP contribution < -0.4 is 14.2 Å². The maximum atomic E-state index is 13.3. The molecule has 0 fully saturated rings. The van der Waals surface area contributed by atoms with Crippen molar-refractivity contribution in [3.05, 3.63) is 111 Å². The molecule has 0 atom stereocenters. The lowest BCUT2D eigenvalue weighted by atomic mass is 9.73. The van der Waals surface area contributed by atoms with E-state index in [0.29, 0.717) is 72.2 Å². The third-order valence-electron chi connectivity index (χ3n) is 7.78. The second-order valence-corrected chi connectivity index (χ2v) is 11.4. The smallest absolute Gasteiger partial charge is 0.163 e. The molecule has 0 N–H and O–H groups in total. The molecule has 0 saturated carbocycles. The standard InChI is InChI=1S/C34H31BrO6/c1-38-31-17-22(13-15-28(31)40-19-21-7-3-2-4-8-21)20-39-27-16-14-23(35)18-24(27)32-33-25(36)9-5-11-29(33)41-30-12-6-10-26(37)34(30)32/h2-4,7-8,13-18,32H,5-6,9-12,19-20H2,1H3. The van der Waals surface area contributed by atoms with Crippen molar-refractivity contribution in [1.29, 1.82) is 0 Å². The minimum atomic E-state index is -0.495. The summed E-state index contributed by atoms with van der Waals surface area (Å²) in [6.45, 7) is 0.709. The van der Waals surface area contributed by atoms with Crippen molar-refractivity contribution >= 4 is 27.5 Å². The molecule has 0 aromatic heterocycles. The highest BCUT2D eigenvalue weighted by atomic mass is 79.9. The Labute approximate surface area is 248 Å². The monoisotopic (exact) mass is 614 g/mol. The van der Waals surface area contributed by atoms with Gasteiger partial charge in [-0.05, 0) is 54.3 Å². The molecule has 0 radical (unpaired) electrons. The maximum Gasteiger partial charge on any atom is 0.163 e. The SMILES string of the molecule is COc1cc(COc2ccc(Br)cc2C2C3=C(CCCC3=O)OC3=C2C(=O)CCC3)ccc1OCc1ccccc1. The summed E-state index contributed by atoms with van der Waals surface area (Å²) in [5, 5.41) is 0. The number of ether oxygens (including phenoxy) is 4. The second kappa shape index (κ2) is 12.0. The Morgan fingerprint density at radius 3 is 2.05 bits per heavy atom. The largest absolute Gasteiger partial charge is 0.493 e. The van der Waals surface area contributed by atoms with Crippen LogP contribution in [0.5, 0.6) is 17.2 Å². The van der Waals surface area contributed by atoms with Crippen LogP contribution in [0.4, 0.5) is 0 Å². The Balaban J connectivity index is 1.29. The highest BCUT2D eigenvalue weighted by Crippen LogP contribution is 2.50. The summed E-state index contributed by atoms with van der Waals surface area (Å²) in [7, 11) is 1.62. The average molecular weight is 616 g/mol. The number of rotatable bonds is 8. The number of benzene rings is 3. The number of ketones is 2. The highest BCUT2D eigenvalue weighted by Gasteiger charge is 2.42. The van der Waals surface area contributed by atoms with Crippen LogP contribution in [0.3, 0.4) is 0 Å². The van der Waals surface area contributed by atoms with Gasteiger partial charge in [-0.25, -0.2) is 0 Å². The molecule has 6 nitrogen and oxygen atoms in total. The van der Waals surface area contributed by atoms with Gasteiger partial charge < -0.3 is 18.9 Å². The predicted octanol–water partition coefficient (Wildman–Crippen LogP) is 7.74. The molecule has 0 unspecified atom stereocenters. The third-order valence-corrected chi connectivity index (χ3v) is 8.28. The fourth-order valence-corrected chi connectivity index (χ4v) is 6.20. The van der Waals surface area contributed by atoms with Gasteiger partial charge in [-0.2, -0.15) is 0 Å². The number of hydrogen-bond acceptors (Lipinski definition) is 6. The van der Waals surface area contributed by atoms with E-state index in [2.05, 4.69) is 15.9 Å². The lowest BCUT2D eigenvalue weighted by molar-refractivity contribution is -0.117. The molecule has 0 bridgehead atoms. The molecule has 210 valence electrons. The van der Waals surface area contributed by atoms with E-state index in [4.69, 9.17) is 18.9 Å². The molecule has 7 heteroatoms. The highest BCUT2D eigenvalue weighted by molar-refractivity contribution is 9.10. The zero-order valence-corrected chi connectivity index (χ0v) is 24.5. The number of carbonyl (C=O) groups excluding carboxylic acids is 2. The molecule has 3 aromatic rings. The molecule has 2 aliphatic carbocycles. The van der Waals surface area contributed by atoms with Crippen molar-refractivity contribution in [2.24, 2.45) is 0 Å². The van der Waals surface area contributed by atoms with Crippen molar-refractivity contribution < 1.29 is 28.5 Å². The summed E-state index contributed by atoms with van der Waals surface area (Å²) in [6, 6.07) is 21.5. The van der Waals surface area contributed by atoms with E-state index in [0.717, 1.165) is 34.0 Å². The van der Waals surface area contributed by atoms with Gasteiger partial charge in [-0.1, -0.05) is 52.3 Å². The zero-order valence-electron chi connectivity index (χ0n) is 22.9. The predicted molar refractivity (Wildman–Crippen MR) is 158 cm³/mol. The van der Waals surface area contributed by atoms with Crippen molar-refractivity contribution in [2.45, 2.75) is 57.7 Å². The van der Waals surface area contributed by atoms with Crippen LogP contribution >= 0.6 is 15.9 Å². The second-order valence-electron chi connectivity index (χ2n) is 10.5. The van der Waals surface area contributed by atoms with Crippen molar-refractivity contribution in [1.82, 2.24) is 0 Å². The number of allylic oxidation sites excluding steroid dienone is 4. The van der Waals surface area contributed by atoms with E-state index >= 15 is 0 Å². The van der Waals surface area contributed by atoms with Crippen molar-refractivity contribution in [3.63, 3.8) is 0 Å². The minimum absolute atomic E-state index is 0.0444. The molecule has 0 spiro atoms. The summed E-state index contributed by atoms with van der Waals surface area (Å²) < 4.78 is 25.1. The van der Waals surface area contributed by atoms with E-state index in [1.165, 1.54) is 0 Å². The molecule has 0 saturated heterocycles. The first kappa shape index (κ1) is 27.3. The minimum Gasteiger partial charge on any atom is -0.493 e. The Morgan fingerprint density at radius 1 is 0.732 bits per heavy atom. The van der Waals surface area contributed by atoms with E-state index in [-0.39, 0.29) is 18.2 Å². The lowest BCUT2D eigenvalue weighted by Gasteiger charge is -2.36. The van der Waals surface area contributed by atoms with Gasteiger partial charge in [0.15, 0.2) is 23.1 Å². The van der Waals surface area contributed by atoms with Crippen molar-refractivity contribution in [3.8, 4) is 17.2 Å². The van der Waals surface area contributed by atoms with Gasteiger partial charge in [-0.15, -0.1) is 0 Å². The average Bonchev–Trinajstić information content (AvgIpc) is 2.99. The first-order chi connectivity index (χ1) is 20.0. The summed E-state index contributed by atoms with van der Waals surface area (Å²) in [5.41, 5.74) is 3.98. The van der Waals surface area contributed by atoms with Crippen LogP contribution in [-0.4, -0.2) is 18.7 Å². The molecule has 1 heterocycles. The number of Topliss-reactive ketones (excluding diaryl/α,β-unsaturated/α-hetero) is 2. The molecule has 0 amide bonds. The van der Waals surface area contributed by atoms with Gasteiger partial charge in [0.25, 0.3) is 0 Å². The fourth-order valence-electron chi connectivity index (χ4n) is 5.82. The Kier molecular flexibility index (Phi) is 7.97. The molecular weight excluding hydrogens is 584 g/mol. The third kappa shape index (κ3) is 5.68. The molecule has 41 heavy (non-hydrogen) atoms.